The summed E-state index contributed by atoms with van der Waals surface area (Å²) in [7, 11) is 3.72. The minimum absolute atomic E-state index is 0.149. The quantitative estimate of drug-likeness (QED) is 0.598. The fourth-order valence-electron chi connectivity index (χ4n) is 1.58. The van der Waals surface area contributed by atoms with Crippen molar-refractivity contribution in [1.82, 2.24) is 5.32 Å². The smallest absolute Gasteiger partial charge is 0.0451 e. The lowest BCUT2D eigenvalue weighted by Gasteiger charge is -2.25. The van der Waals surface area contributed by atoms with Gasteiger partial charge in [-0.05, 0) is 18.4 Å². The van der Waals surface area contributed by atoms with E-state index in [1.54, 1.807) is 0 Å². The predicted molar refractivity (Wildman–Crippen MR) is 52.3 cm³/mol. The van der Waals surface area contributed by atoms with E-state index in [2.05, 4.69) is 23.3 Å². The van der Waals surface area contributed by atoms with Crippen molar-refractivity contribution in [2.45, 2.75) is 19.4 Å². The van der Waals surface area contributed by atoms with Gasteiger partial charge in [0.2, 0.25) is 0 Å². The molecule has 1 aliphatic carbocycles. The molecule has 0 spiro atoms. The molecule has 2 atom stereocenters. The van der Waals surface area contributed by atoms with Crippen LogP contribution in [0.1, 0.15) is 13.3 Å². The van der Waals surface area contributed by atoms with E-state index >= 15 is 0 Å². The van der Waals surface area contributed by atoms with Gasteiger partial charge in [0.1, 0.15) is 0 Å². The summed E-state index contributed by atoms with van der Waals surface area (Å²) in [5.41, 5.74) is 8.14. The Labute approximate surface area is 73.7 Å². The first kappa shape index (κ1) is 9.26. The molecule has 0 aliphatic heterocycles. The summed E-state index contributed by atoms with van der Waals surface area (Å²) in [6.07, 6.45) is 3.04. The first-order valence-electron chi connectivity index (χ1n) is 4.30. The summed E-state index contributed by atoms with van der Waals surface area (Å²) in [6, 6.07) is 0.149. The van der Waals surface area contributed by atoms with E-state index in [0.29, 0.717) is 5.92 Å². The zero-order valence-corrected chi connectivity index (χ0v) is 7.96. The molecule has 0 heterocycles. The lowest BCUT2D eigenvalue weighted by atomic mass is 9.89. The highest BCUT2D eigenvalue weighted by atomic mass is 14.9. The Morgan fingerprint density at radius 1 is 1.67 bits per heavy atom. The molecule has 0 radical (unpaired) electrons. The van der Waals surface area contributed by atoms with Crippen molar-refractivity contribution >= 4 is 5.71 Å². The van der Waals surface area contributed by atoms with E-state index in [9.17, 15) is 0 Å². The highest BCUT2D eigenvalue weighted by molar-refractivity contribution is 5.98. The molecule has 0 amide bonds. The van der Waals surface area contributed by atoms with Crippen LogP contribution in [0.5, 0.6) is 0 Å². The van der Waals surface area contributed by atoms with Gasteiger partial charge in [-0.25, -0.2) is 0 Å². The number of nitrogens with one attached hydrogen (secondary N) is 1. The van der Waals surface area contributed by atoms with Crippen molar-refractivity contribution in [1.29, 1.82) is 0 Å². The average molecular weight is 167 g/mol. The Bertz CT molecular complexity index is 218. The number of allylic oxidation sites excluding steroid dienone is 1. The zero-order valence-electron chi connectivity index (χ0n) is 7.96. The third-order valence-corrected chi connectivity index (χ3v) is 2.36. The number of hydrogen-bond donors (Lipinski definition) is 2. The first-order valence-corrected chi connectivity index (χ1v) is 4.30. The Morgan fingerprint density at radius 2 is 2.33 bits per heavy atom. The van der Waals surface area contributed by atoms with Crippen molar-refractivity contribution in [3.8, 4) is 0 Å². The summed E-state index contributed by atoms with van der Waals surface area (Å²) >= 11 is 0. The van der Waals surface area contributed by atoms with E-state index in [1.165, 1.54) is 0 Å². The van der Waals surface area contributed by atoms with Crippen LogP contribution >= 0.6 is 0 Å². The van der Waals surface area contributed by atoms with Crippen molar-refractivity contribution in [3.63, 3.8) is 0 Å². The molecule has 0 saturated carbocycles. The molecule has 3 N–H and O–H groups in total. The third-order valence-electron chi connectivity index (χ3n) is 2.36. The Kier molecular flexibility index (Phi) is 2.87. The van der Waals surface area contributed by atoms with E-state index in [-0.39, 0.29) is 6.04 Å². The fourth-order valence-corrected chi connectivity index (χ4v) is 1.58. The monoisotopic (exact) mass is 167 g/mol. The maximum absolute atomic E-state index is 5.91. The summed E-state index contributed by atoms with van der Waals surface area (Å²) in [4.78, 5) is 4.21. The molecule has 0 bridgehead atoms. The molecule has 0 aromatic carbocycles. The fraction of sp³-hybridized carbons (Fsp3) is 0.667. The van der Waals surface area contributed by atoms with Crippen LogP contribution in [0, 0.1) is 5.92 Å². The van der Waals surface area contributed by atoms with Gasteiger partial charge in [0.05, 0.1) is 0 Å². The molecule has 68 valence electrons. The average Bonchev–Trinajstić information content (AvgIpc) is 2.05. The van der Waals surface area contributed by atoms with E-state index in [1.807, 2.05) is 14.1 Å². The SMILES string of the molecule is CN=C1C=C(NC)C(N)CC1C. The largest absolute Gasteiger partial charge is 0.390 e. The van der Waals surface area contributed by atoms with Crippen LogP contribution in [0.2, 0.25) is 0 Å². The second kappa shape index (κ2) is 3.72. The lowest BCUT2D eigenvalue weighted by Crippen LogP contribution is -2.37. The van der Waals surface area contributed by atoms with Crippen LogP contribution in [0.25, 0.3) is 0 Å². The predicted octanol–water partition coefficient (Wildman–Crippen LogP) is 0.528. The molecule has 0 aromatic rings. The summed E-state index contributed by atoms with van der Waals surface area (Å²) in [6.45, 7) is 2.16. The maximum Gasteiger partial charge on any atom is 0.0451 e. The van der Waals surface area contributed by atoms with Crippen molar-refractivity contribution < 1.29 is 0 Å². The zero-order chi connectivity index (χ0) is 9.14. The number of rotatable bonds is 1. The van der Waals surface area contributed by atoms with Crippen LogP contribution in [0.4, 0.5) is 0 Å². The van der Waals surface area contributed by atoms with Gasteiger partial charge in [0.25, 0.3) is 0 Å². The molecule has 0 aromatic heterocycles. The maximum atomic E-state index is 5.91. The minimum Gasteiger partial charge on any atom is -0.390 e. The second-order valence-electron chi connectivity index (χ2n) is 3.24. The molecule has 3 heteroatoms. The van der Waals surface area contributed by atoms with Gasteiger partial charge in [-0.3, -0.25) is 4.99 Å². The molecule has 12 heavy (non-hydrogen) atoms. The van der Waals surface area contributed by atoms with Crippen LogP contribution in [-0.2, 0) is 0 Å². The van der Waals surface area contributed by atoms with E-state index < -0.39 is 0 Å². The van der Waals surface area contributed by atoms with E-state index in [0.717, 1.165) is 17.8 Å². The van der Waals surface area contributed by atoms with Gasteiger partial charge in [-0.2, -0.15) is 0 Å². The second-order valence-corrected chi connectivity index (χ2v) is 3.24. The lowest BCUT2D eigenvalue weighted by molar-refractivity contribution is 0.566. The van der Waals surface area contributed by atoms with Gasteiger partial charge >= 0.3 is 0 Å². The first-order chi connectivity index (χ1) is 5.69. The van der Waals surface area contributed by atoms with Gasteiger partial charge in [-0.1, -0.05) is 6.92 Å². The number of likely N-dealkylation sites (N-methyl/N-ethyl adjacent to an activating group) is 1. The van der Waals surface area contributed by atoms with Crippen LogP contribution in [0.15, 0.2) is 16.8 Å². The van der Waals surface area contributed by atoms with Crippen molar-refractivity contribution in [2.75, 3.05) is 14.1 Å². The molecule has 1 aliphatic rings. The van der Waals surface area contributed by atoms with Crippen LogP contribution in [0.3, 0.4) is 0 Å². The Morgan fingerprint density at radius 3 is 2.83 bits per heavy atom. The molecule has 2 unspecified atom stereocenters. The molecule has 0 saturated heterocycles. The summed E-state index contributed by atoms with van der Waals surface area (Å²) in [5.74, 6) is 0.488. The Balaban J connectivity index is 2.87. The standard InChI is InChI=1S/C9H17N3/c1-6-4-7(10)9(12-3)5-8(6)11-2/h5-7,12H,4,10H2,1-3H3. The van der Waals surface area contributed by atoms with Crippen molar-refractivity contribution in [3.05, 3.63) is 11.8 Å². The number of aliphatic imine (C=N–C) groups is 1. The van der Waals surface area contributed by atoms with E-state index in [4.69, 9.17) is 5.73 Å². The minimum atomic E-state index is 0.149. The molecule has 1 rings (SSSR count). The molecule has 3 nitrogen and oxygen atoms in total. The molecular weight excluding hydrogens is 150 g/mol. The third kappa shape index (κ3) is 1.67. The summed E-state index contributed by atoms with van der Waals surface area (Å²) in [5, 5.41) is 3.09. The highest BCUT2D eigenvalue weighted by Gasteiger charge is 2.21. The summed E-state index contributed by atoms with van der Waals surface area (Å²) < 4.78 is 0. The number of hydrogen-bond acceptors (Lipinski definition) is 3. The van der Waals surface area contributed by atoms with Gasteiger partial charge in [0.15, 0.2) is 0 Å². The number of nitrogens with zero attached hydrogens (tertiary/aromatic N) is 1. The topological polar surface area (TPSA) is 50.4 Å². The van der Waals surface area contributed by atoms with Crippen LogP contribution < -0.4 is 11.1 Å². The van der Waals surface area contributed by atoms with Gasteiger partial charge in [0, 0.05) is 31.5 Å². The van der Waals surface area contributed by atoms with Crippen LogP contribution in [-0.4, -0.2) is 25.8 Å². The Hall–Kier alpha value is -0.830. The normalized spacial score (nSPS) is 33.3. The van der Waals surface area contributed by atoms with Gasteiger partial charge < -0.3 is 11.1 Å². The molecular formula is C9H17N3. The molecule has 0 fully saturated rings. The number of nitrogens with two attached hydrogens (primary N) is 1. The van der Waals surface area contributed by atoms with Gasteiger partial charge in [-0.15, -0.1) is 0 Å². The van der Waals surface area contributed by atoms with Crippen molar-refractivity contribution in [2.24, 2.45) is 16.6 Å². The highest BCUT2D eigenvalue weighted by Crippen LogP contribution is 2.18.